The van der Waals surface area contributed by atoms with Gasteiger partial charge in [-0.25, -0.2) is 9.18 Å². The molecule has 1 N–H and O–H groups in total. The molecule has 0 aliphatic heterocycles. The topological polar surface area (TPSA) is 42.2 Å². The molecule has 0 amide bonds. The van der Waals surface area contributed by atoms with Crippen molar-refractivity contribution in [2.75, 3.05) is 5.32 Å². The Morgan fingerprint density at radius 1 is 1.17 bits per heavy atom. The van der Waals surface area contributed by atoms with Crippen molar-refractivity contribution in [2.45, 2.75) is 19.9 Å². The summed E-state index contributed by atoms with van der Waals surface area (Å²) in [5, 5.41) is 4.17. The predicted octanol–water partition coefficient (Wildman–Crippen LogP) is 4.76. The molecule has 118 valence electrons. The highest BCUT2D eigenvalue weighted by Gasteiger charge is 2.08. The number of aryl methyl sites for hydroxylation is 1. The Morgan fingerprint density at radius 3 is 2.74 bits per heavy atom. The molecule has 0 aliphatic rings. The van der Waals surface area contributed by atoms with Crippen molar-refractivity contribution in [3.05, 3.63) is 74.9 Å². The molecule has 3 rings (SSSR count). The molecule has 5 heteroatoms. The van der Waals surface area contributed by atoms with Gasteiger partial charge in [-0.2, -0.15) is 0 Å². The highest BCUT2D eigenvalue weighted by molar-refractivity contribution is 6.30. The number of fused-ring (bicyclic) bond motifs is 1. The van der Waals surface area contributed by atoms with Crippen molar-refractivity contribution >= 4 is 28.3 Å². The van der Waals surface area contributed by atoms with E-state index >= 15 is 0 Å². The fourth-order valence-corrected chi connectivity index (χ4v) is 2.62. The Balaban J connectivity index is 1.94. The minimum atomic E-state index is -0.432. The second-order valence-corrected chi connectivity index (χ2v) is 5.69. The first-order chi connectivity index (χ1) is 11.1. The van der Waals surface area contributed by atoms with E-state index in [9.17, 15) is 9.18 Å². The fraction of sp³-hybridized carbons (Fsp3) is 0.167. The summed E-state index contributed by atoms with van der Waals surface area (Å²) in [7, 11) is 0. The number of hydrogen-bond donors (Lipinski definition) is 1. The van der Waals surface area contributed by atoms with Crippen LogP contribution in [0.2, 0.25) is 5.02 Å². The van der Waals surface area contributed by atoms with E-state index in [1.54, 1.807) is 12.1 Å². The fourth-order valence-electron chi connectivity index (χ4n) is 2.46. The summed E-state index contributed by atoms with van der Waals surface area (Å²) in [5.74, 6) is -0.432. The smallest absolute Gasteiger partial charge is 0.336 e. The third kappa shape index (κ3) is 3.37. The van der Waals surface area contributed by atoms with Gasteiger partial charge in [0.15, 0.2) is 0 Å². The van der Waals surface area contributed by atoms with E-state index < -0.39 is 11.4 Å². The number of hydrogen-bond acceptors (Lipinski definition) is 3. The molecular formula is C18H15ClFNO2. The number of anilines is 1. The van der Waals surface area contributed by atoms with Crippen LogP contribution in [0.4, 0.5) is 10.1 Å². The van der Waals surface area contributed by atoms with Gasteiger partial charge in [0.05, 0.1) is 5.69 Å². The maximum Gasteiger partial charge on any atom is 0.336 e. The van der Waals surface area contributed by atoms with Crippen LogP contribution in [0.5, 0.6) is 0 Å². The Kier molecular flexibility index (Phi) is 4.35. The Bertz CT molecular complexity index is 921. The minimum absolute atomic E-state index is 0.312. The van der Waals surface area contributed by atoms with E-state index in [1.165, 1.54) is 12.1 Å². The summed E-state index contributed by atoms with van der Waals surface area (Å²) in [5.41, 5.74) is 2.31. The summed E-state index contributed by atoms with van der Waals surface area (Å²) >= 11 is 5.74. The van der Waals surface area contributed by atoms with Gasteiger partial charge in [-0.05, 0) is 41.8 Å². The zero-order chi connectivity index (χ0) is 16.4. The quantitative estimate of drug-likeness (QED) is 0.701. The summed E-state index contributed by atoms with van der Waals surface area (Å²) in [6.45, 7) is 2.35. The lowest BCUT2D eigenvalue weighted by Gasteiger charge is -2.10. The van der Waals surface area contributed by atoms with Crippen LogP contribution in [0.25, 0.3) is 11.0 Å². The molecule has 2 aromatic carbocycles. The van der Waals surface area contributed by atoms with Crippen molar-refractivity contribution in [1.29, 1.82) is 0 Å². The van der Waals surface area contributed by atoms with Crippen molar-refractivity contribution in [3.8, 4) is 0 Å². The molecule has 23 heavy (non-hydrogen) atoms. The molecule has 3 nitrogen and oxygen atoms in total. The molecule has 0 fully saturated rings. The van der Waals surface area contributed by atoms with Crippen molar-refractivity contribution in [1.82, 2.24) is 0 Å². The normalized spacial score (nSPS) is 10.9. The molecular weight excluding hydrogens is 317 g/mol. The Labute approximate surface area is 137 Å². The molecule has 0 bridgehead atoms. The van der Waals surface area contributed by atoms with Gasteiger partial charge in [0, 0.05) is 23.0 Å². The third-order valence-corrected chi connectivity index (χ3v) is 3.94. The lowest BCUT2D eigenvalue weighted by molar-refractivity contribution is 0.558. The van der Waals surface area contributed by atoms with Crippen molar-refractivity contribution in [2.24, 2.45) is 0 Å². The van der Waals surface area contributed by atoms with Gasteiger partial charge in [-0.1, -0.05) is 30.7 Å². The lowest BCUT2D eigenvalue weighted by Crippen LogP contribution is -2.07. The molecule has 0 radical (unpaired) electrons. The average molecular weight is 332 g/mol. The minimum Gasteiger partial charge on any atom is -0.423 e. The monoisotopic (exact) mass is 331 g/mol. The van der Waals surface area contributed by atoms with Gasteiger partial charge < -0.3 is 9.73 Å². The van der Waals surface area contributed by atoms with Gasteiger partial charge in [0.2, 0.25) is 0 Å². The summed E-state index contributed by atoms with van der Waals surface area (Å²) in [6, 6.07) is 11.6. The Morgan fingerprint density at radius 2 is 2.00 bits per heavy atom. The van der Waals surface area contributed by atoms with E-state index in [2.05, 4.69) is 5.32 Å². The predicted molar refractivity (Wildman–Crippen MR) is 90.6 cm³/mol. The first-order valence-electron chi connectivity index (χ1n) is 7.31. The highest BCUT2D eigenvalue weighted by atomic mass is 35.5. The van der Waals surface area contributed by atoms with Gasteiger partial charge in [-0.15, -0.1) is 0 Å². The van der Waals surface area contributed by atoms with Crippen LogP contribution in [0.3, 0.4) is 0 Å². The van der Waals surface area contributed by atoms with Gasteiger partial charge >= 0.3 is 5.63 Å². The van der Waals surface area contributed by atoms with Crippen molar-refractivity contribution < 1.29 is 8.81 Å². The van der Waals surface area contributed by atoms with E-state index in [-0.39, 0.29) is 0 Å². The average Bonchev–Trinajstić information content (AvgIpc) is 2.53. The number of nitrogens with one attached hydrogen (secondary N) is 1. The van der Waals surface area contributed by atoms with Crippen LogP contribution in [0.1, 0.15) is 18.1 Å². The molecule has 0 saturated carbocycles. The lowest BCUT2D eigenvalue weighted by atomic mass is 10.1. The molecule has 1 aromatic heterocycles. The first kappa shape index (κ1) is 15.6. The number of halogens is 2. The molecule has 0 unspecified atom stereocenters. The van der Waals surface area contributed by atoms with Crippen LogP contribution in [-0.2, 0) is 13.0 Å². The molecule has 1 heterocycles. The maximum atomic E-state index is 13.8. The molecule has 0 saturated heterocycles. The van der Waals surface area contributed by atoms with Crippen LogP contribution in [-0.4, -0.2) is 0 Å². The van der Waals surface area contributed by atoms with Crippen LogP contribution in [0, 0.1) is 5.82 Å². The summed E-state index contributed by atoms with van der Waals surface area (Å²) < 4.78 is 19.1. The van der Waals surface area contributed by atoms with E-state index in [1.807, 2.05) is 25.1 Å². The molecule has 0 atom stereocenters. The number of rotatable bonds is 4. The van der Waals surface area contributed by atoms with E-state index in [0.29, 0.717) is 22.8 Å². The summed E-state index contributed by atoms with van der Waals surface area (Å²) in [6.07, 6.45) is 0.859. The van der Waals surface area contributed by atoms with Gasteiger partial charge in [-0.3, -0.25) is 0 Å². The molecule has 3 aromatic rings. The highest BCUT2D eigenvalue weighted by Crippen LogP contribution is 2.22. The SMILES string of the molecule is CCc1ccc2c(CNc3ccc(Cl)cc3F)cc(=O)oc2c1. The zero-order valence-corrected chi connectivity index (χ0v) is 13.3. The van der Waals surface area contributed by atoms with Gasteiger partial charge in [0.25, 0.3) is 0 Å². The molecule has 0 spiro atoms. The van der Waals surface area contributed by atoms with Crippen molar-refractivity contribution in [3.63, 3.8) is 0 Å². The zero-order valence-electron chi connectivity index (χ0n) is 12.5. The standard InChI is InChI=1S/C18H15ClFNO2/c1-2-11-3-5-14-12(8-18(22)23-17(14)7-11)10-21-16-6-4-13(19)9-15(16)20/h3-9,21H,2,10H2,1H3. The maximum absolute atomic E-state index is 13.8. The largest absolute Gasteiger partial charge is 0.423 e. The second kappa shape index (κ2) is 6.42. The van der Waals surface area contributed by atoms with Crippen LogP contribution >= 0.6 is 11.6 Å². The first-order valence-corrected chi connectivity index (χ1v) is 7.69. The Hall–Kier alpha value is -2.33. The van der Waals surface area contributed by atoms with E-state index in [4.69, 9.17) is 16.0 Å². The third-order valence-electron chi connectivity index (χ3n) is 3.70. The second-order valence-electron chi connectivity index (χ2n) is 5.25. The van der Waals surface area contributed by atoms with Gasteiger partial charge in [0.1, 0.15) is 11.4 Å². The van der Waals surface area contributed by atoms with Crippen LogP contribution in [0.15, 0.2) is 51.7 Å². The van der Waals surface area contributed by atoms with Crippen LogP contribution < -0.4 is 10.9 Å². The molecule has 0 aliphatic carbocycles. The summed E-state index contributed by atoms with van der Waals surface area (Å²) in [4.78, 5) is 11.7. The number of benzene rings is 2. The van der Waals surface area contributed by atoms with E-state index in [0.717, 1.165) is 22.9 Å².